The van der Waals surface area contributed by atoms with Crippen LogP contribution in [0.15, 0.2) is 50.7 Å². The minimum atomic E-state index is -0.0872. The molecule has 0 radical (unpaired) electrons. The summed E-state index contributed by atoms with van der Waals surface area (Å²) in [5, 5.41) is 0.611. The summed E-state index contributed by atoms with van der Waals surface area (Å²) in [4.78, 5) is 34.4. The number of aryl methyl sites for hydroxylation is 1. The number of thioether (sulfide) groups is 1. The number of likely N-dealkylation sites (tertiary alicyclic amines) is 1. The zero-order valence-corrected chi connectivity index (χ0v) is 18.1. The average molecular weight is 424 g/mol. The number of amidine groups is 1. The van der Waals surface area contributed by atoms with Gasteiger partial charge in [-0.05, 0) is 75.2 Å². The number of furan rings is 1. The molecule has 2 fully saturated rings. The molecule has 0 spiro atoms. The van der Waals surface area contributed by atoms with E-state index < -0.39 is 0 Å². The highest BCUT2D eigenvalue weighted by Crippen LogP contribution is 2.34. The maximum atomic E-state index is 12.8. The minimum absolute atomic E-state index is 0.0491. The van der Waals surface area contributed by atoms with E-state index in [-0.39, 0.29) is 11.8 Å². The van der Waals surface area contributed by atoms with Gasteiger partial charge >= 0.3 is 0 Å². The molecule has 2 aromatic rings. The van der Waals surface area contributed by atoms with Gasteiger partial charge in [0.25, 0.3) is 11.8 Å². The predicted molar refractivity (Wildman–Crippen MR) is 120 cm³/mol. The van der Waals surface area contributed by atoms with E-state index in [4.69, 9.17) is 4.42 Å². The van der Waals surface area contributed by atoms with Gasteiger partial charge in [-0.1, -0.05) is 6.07 Å². The quantitative estimate of drug-likeness (QED) is 0.660. The average Bonchev–Trinajstić information content (AvgIpc) is 3.30. The van der Waals surface area contributed by atoms with Crippen LogP contribution in [0.4, 0.5) is 5.69 Å². The number of hydrogen-bond acceptors (Lipinski definition) is 5. The lowest BCUT2D eigenvalue weighted by atomic mass is 10.1. The summed E-state index contributed by atoms with van der Waals surface area (Å²) in [7, 11) is 0. The van der Waals surface area contributed by atoms with Crippen LogP contribution in [0.2, 0.25) is 0 Å². The molecule has 2 aliphatic heterocycles. The van der Waals surface area contributed by atoms with Crippen molar-refractivity contribution in [2.24, 2.45) is 4.99 Å². The highest BCUT2D eigenvalue weighted by Gasteiger charge is 2.32. The monoisotopic (exact) mass is 423 g/mol. The van der Waals surface area contributed by atoms with Crippen molar-refractivity contribution < 1.29 is 14.0 Å². The van der Waals surface area contributed by atoms with E-state index in [1.165, 1.54) is 18.2 Å². The third kappa shape index (κ3) is 4.36. The first kappa shape index (κ1) is 20.5. The molecule has 0 aliphatic carbocycles. The second-order valence-electron chi connectivity index (χ2n) is 7.41. The topological polar surface area (TPSA) is 66.1 Å². The van der Waals surface area contributed by atoms with Gasteiger partial charge < -0.3 is 9.32 Å². The molecule has 156 valence electrons. The van der Waals surface area contributed by atoms with Gasteiger partial charge in [0.2, 0.25) is 0 Å². The predicted octanol–water partition coefficient (Wildman–Crippen LogP) is 4.84. The van der Waals surface area contributed by atoms with Crippen molar-refractivity contribution in [1.82, 2.24) is 9.80 Å². The lowest BCUT2D eigenvalue weighted by Crippen LogP contribution is -2.35. The van der Waals surface area contributed by atoms with E-state index in [1.54, 1.807) is 17.0 Å². The fourth-order valence-electron chi connectivity index (χ4n) is 3.63. The lowest BCUT2D eigenvalue weighted by Gasteiger charge is -2.26. The molecule has 4 rings (SSSR count). The number of amides is 2. The summed E-state index contributed by atoms with van der Waals surface area (Å²) in [6.45, 7) is 5.93. The molecule has 0 saturated carbocycles. The molecule has 3 heterocycles. The lowest BCUT2D eigenvalue weighted by molar-refractivity contribution is -0.122. The van der Waals surface area contributed by atoms with Gasteiger partial charge in [0, 0.05) is 31.3 Å². The number of benzene rings is 1. The summed E-state index contributed by atoms with van der Waals surface area (Å²) in [5.41, 5.74) is 1.31. The van der Waals surface area contributed by atoms with Gasteiger partial charge in [-0.15, -0.1) is 0 Å². The third-order valence-electron chi connectivity index (χ3n) is 5.20. The smallest absolute Gasteiger partial charge is 0.266 e. The molecular formula is C23H25N3O3S. The second-order valence-corrected chi connectivity index (χ2v) is 8.42. The Morgan fingerprint density at radius 1 is 1.20 bits per heavy atom. The molecule has 0 N–H and O–H groups in total. The summed E-state index contributed by atoms with van der Waals surface area (Å²) >= 11 is 1.32. The first-order valence-corrected chi connectivity index (χ1v) is 11.1. The highest BCUT2D eigenvalue weighted by atomic mass is 32.2. The second kappa shape index (κ2) is 8.92. The first-order chi connectivity index (χ1) is 14.5. The Labute approximate surface area is 180 Å². The standard InChI is InChI=1S/C23H25N3O3S/c1-3-26-22(28)20(15-19-11-10-16(2)29-19)30-23(26)24-18-9-7-8-17(14-18)21(27)25-12-5-4-6-13-25/h7-11,14-15H,3-6,12-13H2,1-2H3/b20-15+,24-23?. The zero-order valence-electron chi connectivity index (χ0n) is 17.3. The number of likely N-dealkylation sites (N-methyl/N-ethyl adjacent to an activating group) is 1. The molecule has 6 nitrogen and oxygen atoms in total. The van der Waals surface area contributed by atoms with Gasteiger partial charge in [-0.3, -0.25) is 14.5 Å². The van der Waals surface area contributed by atoms with Gasteiger partial charge in [0.05, 0.1) is 10.6 Å². The molecule has 0 bridgehead atoms. The van der Waals surface area contributed by atoms with Crippen LogP contribution in [0.25, 0.3) is 6.08 Å². The fraction of sp³-hybridized carbons (Fsp3) is 0.348. The van der Waals surface area contributed by atoms with Crippen molar-refractivity contribution in [2.75, 3.05) is 19.6 Å². The number of nitrogens with zero attached hydrogens (tertiary/aromatic N) is 3. The number of rotatable bonds is 4. The van der Waals surface area contributed by atoms with Crippen LogP contribution >= 0.6 is 11.8 Å². The molecule has 1 aromatic carbocycles. The molecule has 0 unspecified atom stereocenters. The number of carbonyl (C=O) groups excluding carboxylic acids is 2. The minimum Gasteiger partial charge on any atom is -0.462 e. The molecule has 0 atom stereocenters. The zero-order chi connectivity index (χ0) is 21.1. The van der Waals surface area contributed by atoms with Gasteiger partial charge in [0.15, 0.2) is 5.17 Å². The number of hydrogen-bond donors (Lipinski definition) is 0. The van der Waals surface area contributed by atoms with Crippen molar-refractivity contribution in [1.29, 1.82) is 0 Å². The van der Waals surface area contributed by atoms with Gasteiger partial charge in [0.1, 0.15) is 11.5 Å². The summed E-state index contributed by atoms with van der Waals surface area (Å²) < 4.78 is 5.57. The summed E-state index contributed by atoms with van der Waals surface area (Å²) in [6, 6.07) is 11.1. The number of aliphatic imine (C=N–C) groups is 1. The van der Waals surface area contributed by atoms with Crippen LogP contribution in [0, 0.1) is 6.92 Å². The number of piperidine rings is 1. The van der Waals surface area contributed by atoms with Crippen molar-refractivity contribution in [3.8, 4) is 0 Å². The van der Waals surface area contributed by atoms with E-state index in [1.807, 2.05) is 49.1 Å². The first-order valence-electron chi connectivity index (χ1n) is 10.3. The normalized spacial score (nSPS) is 19.9. The number of carbonyl (C=O) groups is 2. The van der Waals surface area contributed by atoms with Crippen LogP contribution in [0.3, 0.4) is 0 Å². The van der Waals surface area contributed by atoms with Crippen molar-refractivity contribution in [3.05, 3.63) is 58.4 Å². The maximum absolute atomic E-state index is 12.8. The summed E-state index contributed by atoms with van der Waals surface area (Å²) in [5.74, 6) is 1.41. The fourth-order valence-corrected chi connectivity index (χ4v) is 4.67. The highest BCUT2D eigenvalue weighted by molar-refractivity contribution is 8.18. The van der Waals surface area contributed by atoms with Crippen molar-refractivity contribution >= 4 is 40.5 Å². The third-order valence-corrected chi connectivity index (χ3v) is 6.21. The molecule has 7 heteroatoms. The van der Waals surface area contributed by atoms with Crippen LogP contribution in [-0.4, -0.2) is 46.4 Å². The van der Waals surface area contributed by atoms with Gasteiger partial charge in [-0.25, -0.2) is 4.99 Å². The largest absolute Gasteiger partial charge is 0.462 e. The van der Waals surface area contributed by atoms with E-state index in [0.29, 0.717) is 33.6 Å². The van der Waals surface area contributed by atoms with Gasteiger partial charge in [-0.2, -0.15) is 0 Å². The molecule has 2 aliphatic rings. The molecular weight excluding hydrogens is 398 g/mol. The molecule has 1 aromatic heterocycles. The Kier molecular flexibility index (Phi) is 6.08. The van der Waals surface area contributed by atoms with Crippen LogP contribution in [-0.2, 0) is 4.79 Å². The van der Waals surface area contributed by atoms with Crippen molar-refractivity contribution in [2.45, 2.75) is 33.1 Å². The molecule has 2 amide bonds. The Balaban J connectivity index is 1.58. The van der Waals surface area contributed by atoms with E-state index in [2.05, 4.69) is 4.99 Å². The van der Waals surface area contributed by atoms with Crippen LogP contribution in [0.5, 0.6) is 0 Å². The Hall–Kier alpha value is -2.80. The Bertz CT molecular complexity index is 1020. The van der Waals surface area contributed by atoms with E-state index >= 15 is 0 Å². The molecule has 2 saturated heterocycles. The summed E-state index contributed by atoms with van der Waals surface area (Å²) in [6.07, 6.45) is 5.05. The van der Waals surface area contributed by atoms with E-state index in [0.717, 1.165) is 31.7 Å². The van der Waals surface area contributed by atoms with Crippen LogP contribution in [0.1, 0.15) is 48.1 Å². The van der Waals surface area contributed by atoms with Crippen molar-refractivity contribution in [3.63, 3.8) is 0 Å². The Morgan fingerprint density at radius 3 is 2.70 bits per heavy atom. The van der Waals surface area contributed by atoms with Crippen LogP contribution < -0.4 is 0 Å². The van der Waals surface area contributed by atoms with E-state index in [9.17, 15) is 9.59 Å². The Morgan fingerprint density at radius 2 is 2.00 bits per heavy atom. The SMILES string of the molecule is CCN1C(=O)/C(=C\c2ccc(C)o2)SC1=Nc1cccc(C(=O)N2CCCCC2)c1. The maximum Gasteiger partial charge on any atom is 0.266 e. The molecule has 30 heavy (non-hydrogen) atoms.